The molecule has 3 rings (SSSR count). The zero-order valence-corrected chi connectivity index (χ0v) is 9.33. The maximum absolute atomic E-state index is 2.69. The highest BCUT2D eigenvalue weighted by Gasteiger charge is 2.50. The Morgan fingerprint density at radius 3 is 2.38 bits per heavy atom. The number of hydrogen-bond donors (Lipinski definition) is 0. The van der Waals surface area contributed by atoms with E-state index >= 15 is 0 Å². The number of rotatable bonds is 3. The molecule has 2 nitrogen and oxygen atoms in total. The molecule has 2 unspecified atom stereocenters. The van der Waals surface area contributed by atoms with Crippen LogP contribution >= 0.6 is 0 Å². The van der Waals surface area contributed by atoms with E-state index in [0.717, 1.165) is 24.2 Å². The zero-order valence-electron chi connectivity index (χ0n) is 9.33. The zero-order chi connectivity index (χ0) is 9.59. The summed E-state index contributed by atoms with van der Waals surface area (Å²) in [6, 6.07) is 1.61. The molecule has 0 spiro atoms. The standard InChI is InChI=1S/C11H22N2/c1-8(2)6-13-10-5-11(13)12(7-10)9(3)4/h8-11H,5-7H2,1-4H3. The minimum atomic E-state index is 0.729. The van der Waals surface area contributed by atoms with E-state index in [1.807, 2.05) is 0 Å². The van der Waals surface area contributed by atoms with Gasteiger partial charge in [-0.15, -0.1) is 0 Å². The second kappa shape index (κ2) is 3.25. The van der Waals surface area contributed by atoms with E-state index in [2.05, 4.69) is 37.5 Å². The minimum Gasteiger partial charge on any atom is -0.284 e. The van der Waals surface area contributed by atoms with E-state index in [1.165, 1.54) is 19.5 Å². The van der Waals surface area contributed by atoms with E-state index < -0.39 is 0 Å². The highest BCUT2D eigenvalue weighted by molar-refractivity contribution is 5.03. The quantitative estimate of drug-likeness (QED) is 0.656. The lowest BCUT2D eigenvalue weighted by Crippen LogP contribution is -2.53. The summed E-state index contributed by atoms with van der Waals surface area (Å²) in [4.78, 5) is 5.33. The van der Waals surface area contributed by atoms with Crippen LogP contribution in [0.5, 0.6) is 0 Å². The average molecular weight is 182 g/mol. The summed E-state index contributed by atoms with van der Waals surface area (Å²) in [5, 5.41) is 0. The molecule has 3 heterocycles. The average Bonchev–Trinajstić information content (AvgIpc) is 2.55. The molecule has 2 heteroatoms. The highest BCUT2D eigenvalue weighted by atomic mass is 15.5. The Hall–Kier alpha value is -0.0800. The molecule has 0 aromatic rings. The van der Waals surface area contributed by atoms with Crippen molar-refractivity contribution in [2.75, 3.05) is 13.1 Å². The maximum Gasteiger partial charge on any atom is 0.0643 e. The van der Waals surface area contributed by atoms with Crippen molar-refractivity contribution in [2.24, 2.45) is 5.92 Å². The van der Waals surface area contributed by atoms with Crippen LogP contribution in [0.4, 0.5) is 0 Å². The first kappa shape index (κ1) is 9.47. The number of fused-ring (bicyclic) bond motifs is 1. The summed E-state index contributed by atoms with van der Waals surface area (Å²) in [5.74, 6) is 0.817. The number of nitrogens with zero attached hydrogens (tertiary/aromatic N) is 2. The third-order valence-electron chi connectivity index (χ3n) is 3.38. The molecular weight excluding hydrogens is 160 g/mol. The second-order valence-corrected chi connectivity index (χ2v) is 5.25. The first-order valence-electron chi connectivity index (χ1n) is 5.61. The summed E-state index contributed by atoms with van der Waals surface area (Å²) in [6.07, 6.45) is 2.21. The molecule has 0 radical (unpaired) electrons. The van der Waals surface area contributed by atoms with Crippen LogP contribution < -0.4 is 0 Å². The Balaban J connectivity index is 1.92. The van der Waals surface area contributed by atoms with Crippen LogP contribution in [0.2, 0.25) is 0 Å². The second-order valence-electron chi connectivity index (χ2n) is 5.25. The third kappa shape index (κ3) is 1.50. The van der Waals surface area contributed by atoms with Gasteiger partial charge >= 0.3 is 0 Å². The first-order chi connectivity index (χ1) is 6.09. The highest BCUT2D eigenvalue weighted by Crippen LogP contribution is 2.38. The molecule has 3 aliphatic heterocycles. The Morgan fingerprint density at radius 2 is 1.92 bits per heavy atom. The van der Waals surface area contributed by atoms with Crippen LogP contribution in [0.1, 0.15) is 34.1 Å². The molecule has 3 aliphatic rings. The molecule has 13 heavy (non-hydrogen) atoms. The fourth-order valence-electron chi connectivity index (χ4n) is 2.74. The van der Waals surface area contributed by atoms with E-state index in [1.54, 1.807) is 0 Å². The van der Waals surface area contributed by atoms with Crippen molar-refractivity contribution in [3.63, 3.8) is 0 Å². The van der Waals surface area contributed by atoms with E-state index in [0.29, 0.717) is 0 Å². The van der Waals surface area contributed by atoms with Crippen LogP contribution in [0.15, 0.2) is 0 Å². The van der Waals surface area contributed by atoms with Crippen LogP contribution in [0.25, 0.3) is 0 Å². The van der Waals surface area contributed by atoms with Crippen molar-refractivity contribution >= 4 is 0 Å². The van der Waals surface area contributed by atoms with Crippen molar-refractivity contribution in [3.05, 3.63) is 0 Å². The lowest BCUT2D eigenvalue weighted by molar-refractivity contribution is 0.0116. The molecular formula is C11H22N2. The smallest absolute Gasteiger partial charge is 0.0643 e. The molecule has 0 amide bonds. The Kier molecular flexibility index (Phi) is 2.37. The van der Waals surface area contributed by atoms with Crippen molar-refractivity contribution in [2.45, 2.75) is 52.4 Å². The van der Waals surface area contributed by atoms with Gasteiger partial charge in [0.15, 0.2) is 0 Å². The molecule has 3 saturated heterocycles. The van der Waals surface area contributed by atoms with Crippen molar-refractivity contribution in [1.29, 1.82) is 0 Å². The summed E-state index contributed by atoms with van der Waals surface area (Å²) in [6.45, 7) is 11.9. The van der Waals surface area contributed by atoms with Crippen LogP contribution in [0, 0.1) is 5.92 Å². The van der Waals surface area contributed by atoms with Crippen molar-refractivity contribution in [3.8, 4) is 0 Å². The SMILES string of the molecule is CC(C)CN1C2CC1N(C(C)C)C2. The molecule has 3 fully saturated rings. The van der Waals surface area contributed by atoms with Gasteiger partial charge in [-0.2, -0.15) is 0 Å². The normalized spacial score (nSPS) is 34.6. The predicted octanol–water partition coefficient (Wildman–Crippen LogP) is 1.77. The molecule has 76 valence electrons. The van der Waals surface area contributed by atoms with Gasteiger partial charge < -0.3 is 0 Å². The minimum absolute atomic E-state index is 0.729. The Bertz CT molecular complexity index is 189. The lowest BCUT2D eigenvalue weighted by Gasteiger charge is -2.42. The van der Waals surface area contributed by atoms with E-state index in [4.69, 9.17) is 0 Å². The van der Waals surface area contributed by atoms with Gasteiger partial charge in [-0.1, -0.05) is 13.8 Å². The van der Waals surface area contributed by atoms with Gasteiger partial charge in [-0.25, -0.2) is 0 Å². The van der Waals surface area contributed by atoms with Gasteiger partial charge in [0.1, 0.15) is 0 Å². The molecule has 2 bridgehead atoms. The van der Waals surface area contributed by atoms with Crippen LogP contribution in [-0.2, 0) is 0 Å². The lowest BCUT2D eigenvalue weighted by atomic mass is 10.0. The van der Waals surface area contributed by atoms with Crippen molar-refractivity contribution < 1.29 is 0 Å². The summed E-state index contributed by atoms with van der Waals surface area (Å²) < 4.78 is 0. The van der Waals surface area contributed by atoms with Crippen molar-refractivity contribution in [1.82, 2.24) is 9.80 Å². The fraction of sp³-hybridized carbons (Fsp3) is 1.00. The molecule has 2 atom stereocenters. The van der Waals surface area contributed by atoms with E-state index in [-0.39, 0.29) is 0 Å². The van der Waals surface area contributed by atoms with Gasteiger partial charge in [0, 0.05) is 25.2 Å². The van der Waals surface area contributed by atoms with Gasteiger partial charge in [-0.3, -0.25) is 9.80 Å². The summed E-state index contributed by atoms with van der Waals surface area (Å²) >= 11 is 0. The molecule has 0 aliphatic carbocycles. The molecule has 0 aromatic heterocycles. The van der Waals surface area contributed by atoms with E-state index in [9.17, 15) is 0 Å². The summed E-state index contributed by atoms with van der Waals surface area (Å²) in [7, 11) is 0. The molecule has 0 N–H and O–H groups in total. The monoisotopic (exact) mass is 182 g/mol. The van der Waals surface area contributed by atoms with Gasteiger partial charge in [0.2, 0.25) is 0 Å². The Labute approximate surface area is 81.9 Å². The first-order valence-corrected chi connectivity index (χ1v) is 5.61. The summed E-state index contributed by atoms with van der Waals surface area (Å²) in [5.41, 5.74) is 0. The number of hydrogen-bond acceptors (Lipinski definition) is 2. The molecule has 0 saturated carbocycles. The fourth-order valence-corrected chi connectivity index (χ4v) is 2.74. The van der Waals surface area contributed by atoms with Crippen LogP contribution in [-0.4, -0.2) is 41.1 Å². The molecule has 0 aromatic carbocycles. The Morgan fingerprint density at radius 1 is 1.23 bits per heavy atom. The topological polar surface area (TPSA) is 6.48 Å². The van der Waals surface area contributed by atoms with Gasteiger partial charge in [0.25, 0.3) is 0 Å². The third-order valence-corrected chi connectivity index (χ3v) is 3.38. The van der Waals surface area contributed by atoms with Gasteiger partial charge in [0.05, 0.1) is 6.17 Å². The van der Waals surface area contributed by atoms with Crippen LogP contribution in [0.3, 0.4) is 0 Å². The predicted molar refractivity (Wildman–Crippen MR) is 55.6 cm³/mol. The van der Waals surface area contributed by atoms with Gasteiger partial charge in [-0.05, 0) is 26.2 Å². The largest absolute Gasteiger partial charge is 0.284 e. The maximum atomic E-state index is 2.69.